The summed E-state index contributed by atoms with van der Waals surface area (Å²) in [6.07, 6.45) is 4.04. The van der Waals surface area contributed by atoms with Gasteiger partial charge in [-0.05, 0) is 48.7 Å². The maximum Gasteiger partial charge on any atom is 0.270 e. The van der Waals surface area contributed by atoms with Gasteiger partial charge in [0.15, 0.2) is 0 Å². The Balaban J connectivity index is 2.28. The third-order valence-electron chi connectivity index (χ3n) is 3.50. The highest BCUT2D eigenvalue weighted by Crippen LogP contribution is 2.24. The highest BCUT2D eigenvalue weighted by atomic mass is 79.9. The molecule has 100 valence electrons. The highest BCUT2D eigenvalue weighted by Gasteiger charge is 2.30. The van der Waals surface area contributed by atoms with Crippen LogP contribution in [0.3, 0.4) is 0 Å². The number of carbonyl (C=O) groups is 1. The normalized spacial score (nSPS) is 19.8. The molecule has 0 unspecified atom stereocenters. The Morgan fingerprint density at radius 3 is 2.94 bits per heavy atom. The Labute approximate surface area is 116 Å². The quantitative estimate of drug-likeness (QED) is 0.931. The van der Waals surface area contributed by atoms with Gasteiger partial charge in [-0.1, -0.05) is 0 Å². The van der Waals surface area contributed by atoms with Crippen molar-refractivity contribution in [1.82, 2.24) is 9.47 Å². The van der Waals surface area contributed by atoms with Gasteiger partial charge in [-0.15, -0.1) is 0 Å². The van der Waals surface area contributed by atoms with E-state index >= 15 is 0 Å². The first kappa shape index (κ1) is 13.6. The Kier molecular flexibility index (Phi) is 4.12. The van der Waals surface area contributed by atoms with Crippen LogP contribution in [0.15, 0.2) is 16.7 Å². The Hall–Kier alpha value is -0.810. The molecule has 1 amide bonds. The first-order valence-electron chi connectivity index (χ1n) is 6.43. The second-order valence-electron chi connectivity index (χ2n) is 5.07. The molecule has 1 atom stereocenters. The van der Waals surface area contributed by atoms with E-state index < -0.39 is 0 Å². The molecule has 5 heteroatoms. The van der Waals surface area contributed by atoms with Gasteiger partial charge >= 0.3 is 0 Å². The van der Waals surface area contributed by atoms with E-state index in [0.717, 1.165) is 29.6 Å². The fraction of sp³-hybridized carbons (Fsp3) is 0.615. The van der Waals surface area contributed by atoms with Gasteiger partial charge < -0.3 is 15.2 Å². The Morgan fingerprint density at radius 1 is 1.61 bits per heavy atom. The first-order valence-corrected chi connectivity index (χ1v) is 7.22. The van der Waals surface area contributed by atoms with Crippen LogP contribution in [0.4, 0.5) is 0 Å². The lowest BCUT2D eigenvalue weighted by molar-refractivity contribution is 0.0728. The summed E-state index contributed by atoms with van der Waals surface area (Å²) in [5.74, 6) is 0.0994. The van der Waals surface area contributed by atoms with Crippen LogP contribution in [0, 0.1) is 0 Å². The van der Waals surface area contributed by atoms with Crippen molar-refractivity contribution in [2.24, 2.45) is 5.73 Å². The van der Waals surface area contributed by atoms with E-state index in [9.17, 15) is 4.79 Å². The molecule has 2 N–H and O–H groups in total. The van der Waals surface area contributed by atoms with Crippen molar-refractivity contribution in [2.45, 2.75) is 38.8 Å². The Morgan fingerprint density at radius 2 is 2.33 bits per heavy atom. The zero-order chi connectivity index (χ0) is 13.3. The van der Waals surface area contributed by atoms with E-state index in [1.54, 1.807) is 0 Å². The number of amides is 1. The fourth-order valence-electron chi connectivity index (χ4n) is 2.54. The number of nitrogens with two attached hydrogens (primary N) is 1. The number of halogens is 1. The first-order chi connectivity index (χ1) is 8.54. The van der Waals surface area contributed by atoms with E-state index in [4.69, 9.17) is 5.73 Å². The maximum absolute atomic E-state index is 12.6. The van der Waals surface area contributed by atoms with E-state index in [1.165, 1.54) is 0 Å². The molecule has 0 aliphatic carbocycles. The van der Waals surface area contributed by atoms with Crippen LogP contribution in [0.1, 0.15) is 43.2 Å². The van der Waals surface area contributed by atoms with E-state index in [1.807, 2.05) is 21.7 Å². The minimum absolute atomic E-state index is 0.0994. The lowest BCUT2D eigenvalue weighted by Crippen LogP contribution is -2.40. The third kappa shape index (κ3) is 2.47. The number of nitrogens with zero attached hydrogens (tertiary/aromatic N) is 2. The van der Waals surface area contributed by atoms with Gasteiger partial charge in [0.2, 0.25) is 0 Å². The molecule has 1 saturated heterocycles. The van der Waals surface area contributed by atoms with Crippen LogP contribution < -0.4 is 5.73 Å². The topological polar surface area (TPSA) is 51.3 Å². The van der Waals surface area contributed by atoms with Crippen molar-refractivity contribution in [3.8, 4) is 0 Å². The van der Waals surface area contributed by atoms with Gasteiger partial charge in [-0.3, -0.25) is 4.79 Å². The average Bonchev–Trinajstić information content (AvgIpc) is 2.93. The van der Waals surface area contributed by atoms with Crippen LogP contribution in [0.5, 0.6) is 0 Å². The minimum atomic E-state index is 0.0994. The molecule has 0 bridgehead atoms. The lowest BCUT2D eigenvalue weighted by atomic mass is 10.2. The van der Waals surface area contributed by atoms with Gasteiger partial charge in [0, 0.05) is 35.8 Å². The van der Waals surface area contributed by atoms with Crippen LogP contribution in [0.25, 0.3) is 0 Å². The zero-order valence-electron chi connectivity index (χ0n) is 10.9. The summed E-state index contributed by atoms with van der Waals surface area (Å²) < 4.78 is 2.96. The molecule has 18 heavy (non-hydrogen) atoms. The maximum atomic E-state index is 12.6. The van der Waals surface area contributed by atoms with Gasteiger partial charge in [-0.25, -0.2) is 0 Å². The standard InChI is InChI=1S/C13H20BrN3O/c1-9(2)17-8-10(14)6-12(17)13(18)16-5-3-4-11(16)7-15/h6,8-9,11H,3-5,7,15H2,1-2H3/t11-/m1/s1. The second kappa shape index (κ2) is 5.45. The molecule has 1 aromatic rings. The van der Waals surface area contributed by atoms with Crippen molar-refractivity contribution >= 4 is 21.8 Å². The minimum Gasteiger partial charge on any atom is -0.340 e. The molecular formula is C13H20BrN3O. The fourth-order valence-corrected chi connectivity index (χ4v) is 2.98. The molecule has 1 aliphatic rings. The molecule has 4 nitrogen and oxygen atoms in total. The number of aromatic nitrogens is 1. The summed E-state index contributed by atoms with van der Waals surface area (Å²) in [5, 5.41) is 0. The molecule has 0 spiro atoms. The van der Waals surface area contributed by atoms with Crippen LogP contribution in [0.2, 0.25) is 0 Å². The Bertz CT molecular complexity index is 441. The SMILES string of the molecule is CC(C)n1cc(Br)cc1C(=O)N1CCC[C@@H]1CN. The molecule has 1 aliphatic heterocycles. The van der Waals surface area contributed by atoms with E-state index in [2.05, 4.69) is 29.8 Å². The van der Waals surface area contributed by atoms with Crippen molar-refractivity contribution < 1.29 is 4.79 Å². The molecule has 1 aromatic heterocycles. The van der Waals surface area contributed by atoms with Crippen molar-refractivity contribution in [1.29, 1.82) is 0 Å². The number of hydrogen-bond donors (Lipinski definition) is 1. The highest BCUT2D eigenvalue weighted by molar-refractivity contribution is 9.10. The van der Waals surface area contributed by atoms with Crippen LogP contribution in [-0.2, 0) is 0 Å². The predicted octanol–water partition coefficient (Wildman–Crippen LogP) is 2.39. The van der Waals surface area contributed by atoms with Crippen molar-refractivity contribution in [3.63, 3.8) is 0 Å². The largest absolute Gasteiger partial charge is 0.340 e. The van der Waals surface area contributed by atoms with Gasteiger partial charge in [-0.2, -0.15) is 0 Å². The zero-order valence-corrected chi connectivity index (χ0v) is 12.5. The molecular weight excluding hydrogens is 294 g/mol. The van der Waals surface area contributed by atoms with Crippen molar-refractivity contribution in [3.05, 3.63) is 22.4 Å². The molecule has 2 heterocycles. The summed E-state index contributed by atoms with van der Waals surface area (Å²) in [6, 6.07) is 2.37. The van der Waals surface area contributed by atoms with Gasteiger partial charge in [0.1, 0.15) is 5.69 Å². The number of hydrogen-bond acceptors (Lipinski definition) is 2. The number of rotatable bonds is 3. The molecule has 1 fully saturated rings. The van der Waals surface area contributed by atoms with Gasteiger partial charge in [0.25, 0.3) is 5.91 Å². The van der Waals surface area contributed by atoms with E-state index in [0.29, 0.717) is 6.54 Å². The smallest absolute Gasteiger partial charge is 0.270 e. The second-order valence-corrected chi connectivity index (χ2v) is 5.99. The van der Waals surface area contributed by atoms with Crippen molar-refractivity contribution in [2.75, 3.05) is 13.1 Å². The number of carbonyl (C=O) groups excluding carboxylic acids is 1. The molecule has 0 saturated carbocycles. The number of likely N-dealkylation sites (tertiary alicyclic amines) is 1. The molecule has 0 aromatic carbocycles. The average molecular weight is 314 g/mol. The third-order valence-corrected chi connectivity index (χ3v) is 3.93. The van der Waals surface area contributed by atoms with E-state index in [-0.39, 0.29) is 18.0 Å². The molecule has 2 rings (SSSR count). The predicted molar refractivity (Wildman–Crippen MR) is 75.6 cm³/mol. The summed E-state index contributed by atoms with van der Waals surface area (Å²) in [5.41, 5.74) is 6.48. The monoisotopic (exact) mass is 313 g/mol. The molecule has 0 radical (unpaired) electrons. The summed E-state index contributed by atoms with van der Waals surface area (Å²) in [4.78, 5) is 14.5. The van der Waals surface area contributed by atoms with Crippen LogP contribution >= 0.6 is 15.9 Å². The summed E-state index contributed by atoms with van der Waals surface area (Å²) in [7, 11) is 0. The lowest BCUT2D eigenvalue weighted by Gasteiger charge is -2.24. The summed E-state index contributed by atoms with van der Waals surface area (Å²) >= 11 is 3.44. The summed E-state index contributed by atoms with van der Waals surface area (Å²) in [6.45, 7) is 5.53. The van der Waals surface area contributed by atoms with Crippen LogP contribution in [-0.4, -0.2) is 34.5 Å². The van der Waals surface area contributed by atoms with Gasteiger partial charge in [0.05, 0.1) is 0 Å².